The van der Waals surface area contributed by atoms with Gasteiger partial charge in [-0.05, 0) is 42.5 Å². The molecule has 0 spiro atoms. The summed E-state index contributed by atoms with van der Waals surface area (Å²) in [6.07, 6.45) is 0. The van der Waals surface area contributed by atoms with Crippen LogP contribution in [0.15, 0.2) is 71.5 Å². The van der Waals surface area contributed by atoms with E-state index in [4.69, 9.17) is 11.6 Å². The molecule has 0 unspecified atom stereocenters. The van der Waals surface area contributed by atoms with Crippen molar-refractivity contribution >= 4 is 34.2 Å². The quantitative estimate of drug-likeness (QED) is 0.532. The minimum absolute atomic E-state index is 0.117. The number of hydrogen-bond donors (Lipinski definition) is 2. The average molecular weight is 394 g/mol. The van der Waals surface area contributed by atoms with Crippen molar-refractivity contribution in [2.24, 2.45) is 0 Å². The minimum atomic E-state index is -0.654. The molecule has 0 aliphatic rings. The molecule has 0 fully saturated rings. The van der Waals surface area contributed by atoms with Crippen LogP contribution < -0.4 is 10.9 Å². The molecular formula is C21H13ClFN3O2. The van der Waals surface area contributed by atoms with Crippen molar-refractivity contribution in [3.63, 3.8) is 0 Å². The highest BCUT2D eigenvalue weighted by molar-refractivity contribution is 6.31. The lowest BCUT2D eigenvalue weighted by molar-refractivity contribution is 0.102. The SMILES string of the molecule is O=C(Nc1cc(Cl)ccc1-c1nc2ccccc2[nH]c1=O)c1ccccc1F. The fourth-order valence-corrected chi connectivity index (χ4v) is 3.05. The first-order chi connectivity index (χ1) is 13.5. The number of aromatic amines is 1. The van der Waals surface area contributed by atoms with Crippen molar-refractivity contribution in [1.82, 2.24) is 9.97 Å². The van der Waals surface area contributed by atoms with Gasteiger partial charge in [-0.2, -0.15) is 0 Å². The van der Waals surface area contributed by atoms with E-state index in [1.807, 2.05) is 0 Å². The fourth-order valence-electron chi connectivity index (χ4n) is 2.87. The molecule has 0 aliphatic carbocycles. The third kappa shape index (κ3) is 3.37. The van der Waals surface area contributed by atoms with E-state index >= 15 is 0 Å². The molecular weight excluding hydrogens is 381 g/mol. The van der Waals surface area contributed by atoms with Gasteiger partial charge in [0.2, 0.25) is 0 Å². The number of aromatic nitrogens is 2. The van der Waals surface area contributed by atoms with Gasteiger partial charge in [0.05, 0.1) is 22.3 Å². The van der Waals surface area contributed by atoms with Crippen molar-refractivity contribution in [3.8, 4) is 11.3 Å². The summed E-state index contributed by atoms with van der Waals surface area (Å²) >= 11 is 6.07. The van der Waals surface area contributed by atoms with Crippen LogP contribution in [0.2, 0.25) is 5.02 Å². The summed E-state index contributed by atoms with van der Waals surface area (Å²) in [6, 6.07) is 17.4. The van der Waals surface area contributed by atoms with E-state index in [1.54, 1.807) is 42.5 Å². The van der Waals surface area contributed by atoms with Gasteiger partial charge in [-0.3, -0.25) is 9.59 Å². The molecule has 28 heavy (non-hydrogen) atoms. The van der Waals surface area contributed by atoms with E-state index < -0.39 is 17.3 Å². The van der Waals surface area contributed by atoms with Gasteiger partial charge in [-0.15, -0.1) is 0 Å². The lowest BCUT2D eigenvalue weighted by Crippen LogP contribution is -2.16. The standard InChI is InChI=1S/C21H13ClFN3O2/c22-12-9-10-14(19-21(28)25-17-8-4-3-7-16(17)24-19)18(11-12)26-20(27)13-5-1-2-6-15(13)23/h1-11H,(H,25,28)(H,26,27). The maximum Gasteiger partial charge on any atom is 0.275 e. The third-order valence-corrected chi connectivity index (χ3v) is 4.44. The Labute approximate surface area is 163 Å². The minimum Gasteiger partial charge on any atom is -0.321 e. The number of carbonyl (C=O) groups is 1. The number of para-hydroxylation sites is 2. The zero-order valence-corrected chi connectivity index (χ0v) is 15.1. The molecule has 1 heterocycles. The highest BCUT2D eigenvalue weighted by Crippen LogP contribution is 2.29. The summed E-state index contributed by atoms with van der Waals surface area (Å²) in [4.78, 5) is 32.3. The molecule has 0 atom stereocenters. The molecule has 0 radical (unpaired) electrons. The van der Waals surface area contributed by atoms with Crippen molar-refractivity contribution in [2.45, 2.75) is 0 Å². The number of H-pyrrole nitrogens is 1. The van der Waals surface area contributed by atoms with E-state index in [2.05, 4.69) is 15.3 Å². The Bertz CT molecular complexity index is 1270. The monoisotopic (exact) mass is 393 g/mol. The summed E-state index contributed by atoms with van der Waals surface area (Å²) < 4.78 is 13.9. The molecule has 4 rings (SSSR count). The summed E-state index contributed by atoms with van der Waals surface area (Å²) in [5.74, 6) is -1.30. The van der Waals surface area contributed by atoms with Crippen LogP contribution in [0, 0.1) is 5.82 Å². The Balaban J connectivity index is 1.82. The Morgan fingerprint density at radius 1 is 1.04 bits per heavy atom. The number of halogens is 2. The first-order valence-corrected chi connectivity index (χ1v) is 8.75. The summed E-state index contributed by atoms with van der Waals surface area (Å²) in [6.45, 7) is 0. The van der Waals surface area contributed by atoms with Crippen molar-refractivity contribution in [2.75, 3.05) is 5.32 Å². The second-order valence-electron chi connectivity index (χ2n) is 6.06. The first-order valence-electron chi connectivity index (χ1n) is 8.38. The van der Waals surface area contributed by atoms with Crippen LogP contribution in [0.5, 0.6) is 0 Å². The number of rotatable bonds is 3. The van der Waals surface area contributed by atoms with Gasteiger partial charge in [0.25, 0.3) is 11.5 Å². The zero-order chi connectivity index (χ0) is 19.7. The molecule has 0 aliphatic heterocycles. The van der Waals surface area contributed by atoms with Crippen LogP contribution in [0.3, 0.4) is 0 Å². The predicted molar refractivity (Wildman–Crippen MR) is 107 cm³/mol. The van der Waals surface area contributed by atoms with E-state index in [-0.39, 0.29) is 16.9 Å². The molecule has 138 valence electrons. The van der Waals surface area contributed by atoms with Gasteiger partial charge in [0.1, 0.15) is 11.5 Å². The largest absolute Gasteiger partial charge is 0.321 e. The highest BCUT2D eigenvalue weighted by atomic mass is 35.5. The maximum atomic E-state index is 13.9. The molecule has 1 amide bonds. The zero-order valence-electron chi connectivity index (χ0n) is 14.4. The lowest BCUT2D eigenvalue weighted by Gasteiger charge is -2.12. The van der Waals surface area contributed by atoms with E-state index in [0.717, 1.165) is 0 Å². The van der Waals surface area contributed by atoms with Crippen LogP contribution in [-0.2, 0) is 0 Å². The molecule has 7 heteroatoms. The van der Waals surface area contributed by atoms with E-state index in [0.29, 0.717) is 21.6 Å². The van der Waals surface area contributed by atoms with Gasteiger partial charge in [-0.1, -0.05) is 35.9 Å². The second kappa shape index (κ2) is 7.25. The number of carbonyl (C=O) groups excluding carboxylic acids is 1. The van der Waals surface area contributed by atoms with Crippen LogP contribution in [-0.4, -0.2) is 15.9 Å². The van der Waals surface area contributed by atoms with Crippen molar-refractivity contribution in [3.05, 3.63) is 93.5 Å². The average Bonchev–Trinajstić information content (AvgIpc) is 2.68. The number of anilines is 1. The maximum absolute atomic E-state index is 13.9. The number of hydrogen-bond acceptors (Lipinski definition) is 3. The Kier molecular flexibility index (Phi) is 4.63. The Morgan fingerprint density at radius 2 is 1.79 bits per heavy atom. The molecule has 2 N–H and O–H groups in total. The van der Waals surface area contributed by atoms with Crippen LogP contribution in [0.1, 0.15) is 10.4 Å². The van der Waals surface area contributed by atoms with Crippen molar-refractivity contribution < 1.29 is 9.18 Å². The molecule has 1 aromatic heterocycles. The van der Waals surface area contributed by atoms with Gasteiger partial charge in [0, 0.05) is 10.6 Å². The first kappa shape index (κ1) is 17.9. The van der Waals surface area contributed by atoms with Gasteiger partial charge < -0.3 is 10.3 Å². The molecule has 3 aromatic carbocycles. The van der Waals surface area contributed by atoms with Crippen LogP contribution >= 0.6 is 11.6 Å². The van der Waals surface area contributed by atoms with Crippen LogP contribution in [0.4, 0.5) is 10.1 Å². The highest BCUT2D eigenvalue weighted by Gasteiger charge is 2.17. The van der Waals surface area contributed by atoms with E-state index in [1.165, 1.54) is 24.3 Å². The number of nitrogens with zero attached hydrogens (tertiary/aromatic N) is 1. The molecule has 0 saturated carbocycles. The smallest absolute Gasteiger partial charge is 0.275 e. The fraction of sp³-hybridized carbons (Fsp3) is 0. The number of benzene rings is 3. The normalized spacial score (nSPS) is 10.8. The predicted octanol–water partition coefficient (Wildman–Crippen LogP) is 4.63. The second-order valence-corrected chi connectivity index (χ2v) is 6.49. The molecule has 0 bridgehead atoms. The summed E-state index contributed by atoms with van der Waals surface area (Å²) in [5.41, 5.74) is 1.42. The Hall–Kier alpha value is -3.51. The number of nitrogens with one attached hydrogen (secondary N) is 2. The van der Waals surface area contributed by atoms with Gasteiger partial charge in [0.15, 0.2) is 0 Å². The molecule has 4 aromatic rings. The summed E-state index contributed by atoms with van der Waals surface area (Å²) in [5, 5.41) is 2.98. The third-order valence-electron chi connectivity index (χ3n) is 4.20. The van der Waals surface area contributed by atoms with Gasteiger partial charge in [-0.25, -0.2) is 9.37 Å². The summed E-state index contributed by atoms with van der Waals surface area (Å²) in [7, 11) is 0. The van der Waals surface area contributed by atoms with Crippen molar-refractivity contribution in [1.29, 1.82) is 0 Å². The van der Waals surface area contributed by atoms with Gasteiger partial charge >= 0.3 is 0 Å². The number of amides is 1. The number of fused-ring (bicyclic) bond motifs is 1. The molecule has 5 nitrogen and oxygen atoms in total. The molecule has 0 saturated heterocycles. The van der Waals surface area contributed by atoms with Crippen LogP contribution in [0.25, 0.3) is 22.3 Å². The Morgan fingerprint density at radius 3 is 2.61 bits per heavy atom. The van der Waals surface area contributed by atoms with E-state index in [9.17, 15) is 14.0 Å². The lowest BCUT2D eigenvalue weighted by atomic mass is 10.1. The topological polar surface area (TPSA) is 74.8 Å².